The number of hydrogen-bond donors (Lipinski definition) is 1. The van der Waals surface area contributed by atoms with Crippen molar-refractivity contribution in [3.8, 4) is 11.5 Å². The predicted molar refractivity (Wildman–Crippen MR) is 95.7 cm³/mol. The lowest BCUT2D eigenvalue weighted by Crippen LogP contribution is -2.33. The second-order valence-corrected chi connectivity index (χ2v) is 9.35. The van der Waals surface area contributed by atoms with Gasteiger partial charge in [-0.15, -0.1) is 11.3 Å². The lowest BCUT2D eigenvalue weighted by Gasteiger charge is -2.25. The molecule has 0 spiro atoms. The Hall–Kier alpha value is -2.10. The van der Waals surface area contributed by atoms with Crippen molar-refractivity contribution in [3.05, 3.63) is 40.3 Å². The van der Waals surface area contributed by atoms with Gasteiger partial charge in [0, 0.05) is 31.4 Å². The average molecular weight is 394 g/mol. The molecule has 1 N–H and O–H groups in total. The minimum Gasteiger partial charge on any atom is -0.454 e. The number of ether oxygens (including phenoxy) is 2. The number of thiophene rings is 1. The molecule has 0 unspecified atom stereocenters. The van der Waals surface area contributed by atoms with Gasteiger partial charge in [-0.1, -0.05) is 6.07 Å². The zero-order valence-electron chi connectivity index (χ0n) is 14.1. The summed E-state index contributed by atoms with van der Waals surface area (Å²) in [6.07, 6.45) is 0.692. The van der Waals surface area contributed by atoms with E-state index in [-0.39, 0.29) is 23.5 Å². The lowest BCUT2D eigenvalue weighted by molar-refractivity contribution is -0.129. The molecule has 0 saturated carbocycles. The van der Waals surface area contributed by atoms with Crippen LogP contribution >= 0.6 is 11.3 Å². The third kappa shape index (κ3) is 3.29. The summed E-state index contributed by atoms with van der Waals surface area (Å²) in [5.74, 6) is 1.29. The van der Waals surface area contributed by atoms with E-state index < -0.39 is 10.0 Å². The standard InChI is InChI=1S/C17H18N2O5S2/c1-11(20)19-5-4-16-13(9-19)7-17(25-16)26(21,22)18-8-12-2-3-14-15(6-12)24-10-23-14/h2-3,6-7,18H,4-5,8-10H2,1H3. The van der Waals surface area contributed by atoms with Crippen LogP contribution in [0.1, 0.15) is 22.9 Å². The van der Waals surface area contributed by atoms with Crippen molar-refractivity contribution >= 4 is 27.3 Å². The van der Waals surface area contributed by atoms with Gasteiger partial charge in [-0.2, -0.15) is 0 Å². The van der Waals surface area contributed by atoms with Crippen LogP contribution in [0.2, 0.25) is 0 Å². The topological polar surface area (TPSA) is 84.9 Å². The Morgan fingerprint density at radius 1 is 1.27 bits per heavy atom. The number of carbonyl (C=O) groups excluding carboxylic acids is 1. The van der Waals surface area contributed by atoms with Gasteiger partial charge < -0.3 is 14.4 Å². The molecular formula is C17H18N2O5S2. The van der Waals surface area contributed by atoms with E-state index in [0.717, 1.165) is 16.0 Å². The first-order valence-electron chi connectivity index (χ1n) is 8.18. The van der Waals surface area contributed by atoms with Crippen LogP contribution in [0.5, 0.6) is 11.5 Å². The van der Waals surface area contributed by atoms with Crippen molar-refractivity contribution in [1.29, 1.82) is 0 Å². The summed E-state index contributed by atoms with van der Waals surface area (Å²) in [5, 5.41) is 0. The molecule has 0 fully saturated rings. The van der Waals surface area contributed by atoms with Crippen LogP contribution < -0.4 is 14.2 Å². The van der Waals surface area contributed by atoms with Crippen LogP contribution in [-0.2, 0) is 34.3 Å². The van der Waals surface area contributed by atoms with Gasteiger partial charge in [0.05, 0.1) is 0 Å². The SMILES string of the molecule is CC(=O)N1CCc2sc(S(=O)(=O)NCc3ccc4c(c3)OCO4)cc2C1. The van der Waals surface area contributed by atoms with Crippen molar-refractivity contribution in [3.63, 3.8) is 0 Å². The molecular weight excluding hydrogens is 376 g/mol. The zero-order valence-corrected chi connectivity index (χ0v) is 15.8. The molecule has 0 atom stereocenters. The molecule has 0 saturated heterocycles. The number of sulfonamides is 1. The molecule has 9 heteroatoms. The average Bonchev–Trinajstić information content (AvgIpc) is 3.25. The molecule has 0 radical (unpaired) electrons. The summed E-state index contributed by atoms with van der Waals surface area (Å²) in [6, 6.07) is 7.03. The van der Waals surface area contributed by atoms with Crippen LogP contribution in [0.25, 0.3) is 0 Å². The van der Waals surface area contributed by atoms with Gasteiger partial charge >= 0.3 is 0 Å². The van der Waals surface area contributed by atoms with E-state index >= 15 is 0 Å². The number of benzene rings is 1. The molecule has 7 nitrogen and oxygen atoms in total. The zero-order chi connectivity index (χ0) is 18.3. The minimum atomic E-state index is -3.61. The number of nitrogens with zero attached hydrogens (tertiary/aromatic N) is 1. The molecule has 26 heavy (non-hydrogen) atoms. The monoisotopic (exact) mass is 394 g/mol. The number of nitrogens with one attached hydrogen (secondary N) is 1. The van der Waals surface area contributed by atoms with Crippen LogP contribution in [0.15, 0.2) is 28.5 Å². The Bertz CT molecular complexity index is 968. The van der Waals surface area contributed by atoms with Crippen LogP contribution in [0, 0.1) is 0 Å². The molecule has 1 amide bonds. The first kappa shape index (κ1) is 17.3. The Morgan fingerprint density at radius 2 is 2.08 bits per heavy atom. The number of fused-ring (bicyclic) bond motifs is 2. The maximum absolute atomic E-state index is 12.6. The largest absolute Gasteiger partial charge is 0.454 e. The van der Waals surface area contributed by atoms with Crippen molar-refractivity contribution in [2.24, 2.45) is 0 Å². The Balaban J connectivity index is 1.48. The van der Waals surface area contributed by atoms with Crippen LogP contribution in [0.3, 0.4) is 0 Å². The quantitative estimate of drug-likeness (QED) is 0.856. The second-order valence-electron chi connectivity index (χ2n) is 6.22. The van der Waals surface area contributed by atoms with Crippen molar-refractivity contribution in [2.45, 2.75) is 30.6 Å². The lowest BCUT2D eigenvalue weighted by atomic mass is 10.1. The van der Waals surface area contributed by atoms with Gasteiger partial charge in [-0.05, 0) is 35.7 Å². The number of hydrogen-bond acceptors (Lipinski definition) is 6. The maximum Gasteiger partial charge on any atom is 0.250 e. The number of carbonyl (C=O) groups is 1. The highest BCUT2D eigenvalue weighted by Crippen LogP contribution is 2.33. The predicted octanol–water partition coefficient (Wildman–Crippen LogP) is 1.86. The van der Waals surface area contributed by atoms with E-state index in [1.165, 1.54) is 18.3 Å². The van der Waals surface area contributed by atoms with E-state index in [0.29, 0.717) is 31.0 Å². The summed E-state index contributed by atoms with van der Waals surface area (Å²) in [7, 11) is -3.61. The molecule has 2 aromatic rings. The minimum absolute atomic E-state index is 0.00666. The molecule has 2 aliphatic heterocycles. The van der Waals surface area contributed by atoms with Crippen molar-refractivity contribution in [2.75, 3.05) is 13.3 Å². The third-order valence-corrected chi connectivity index (χ3v) is 7.57. The summed E-state index contributed by atoms with van der Waals surface area (Å²) in [5.41, 5.74) is 1.71. The third-order valence-electron chi connectivity index (χ3n) is 4.46. The molecule has 0 bridgehead atoms. The summed E-state index contributed by atoms with van der Waals surface area (Å²) in [4.78, 5) is 14.3. The van der Waals surface area contributed by atoms with E-state index in [1.807, 2.05) is 0 Å². The molecule has 2 aliphatic rings. The van der Waals surface area contributed by atoms with Crippen LogP contribution in [-0.4, -0.2) is 32.6 Å². The summed E-state index contributed by atoms with van der Waals surface area (Å²) in [6.45, 7) is 2.98. The van der Waals surface area contributed by atoms with Crippen molar-refractivity contribution < 1.29 is 22.7 Å². The molecule has 1 aromatic heterocycles. The highest BCUT2D eigenvalue weighted by atomic mass is 32.2. The maximum atomic E-state index is 12.6. The van der Waals surface area contributed by atoms with Gasteiger partial charge in [0.1, 0.15) is 4.21 Å². The molecule has 3 heterocycles. The molecule has 4 rings (SSSR count). The Kier molecular flexibility index (Phi) is 4.37. The van der Waals surface area contributed by atoms with E-state index in [4.69, 9.17) is 9.47 Å². The number of rotatable bonds is 4. The molecule has 1 aromatic carbocycles. The van der Waals surface area contributed by atoms with Gasteiger partial charge in [0.2, 0.25) is 22.7 Å². The number of amides is 1. The molecule has 138 valence electrons. The fourth-order valence-corrected chi connectivity index (χ4v) is 5.61. The van der Waals surface area contributed by atoms with Crippen molar-refractivity contribution in [1.82, 2.24) is 9.62 Å². The van der Waals surface area contributed by atoms with Gasteiger partial charge in [-0.25, -0.2) is 13.1 Å². The van der Waals surface area contributed by atoms with Crippen LogP contribution in [0.4, 0.5) is 0 Å². The smallest absolute Gasteiger partial charge is 0.250 e. The van der Waals surface area contributed by atoms with E-state index in [1.54, 1.807) is 29.2 Å². The first-order chi connectivity index (χ1) is 12.4. The van der Waals surface area contributed by atoms with E-state index in [2.05, 4.69) is 4.72 Å². The fraction of sp³-hybridized carbons (Fsp3) is 0.353. The summed E-state index contributed by atoms with van der Waals surface area (Å²) < 4.78 is 38.8. The molecule has 0 aliphatic carbocycles. The van der Waals surface area contributed by atoms with Gasteiger partial charge in [-0.3, -0.25) is 4.79 Å². The highest BCUT2D eigenvalue weighted by molar-refractivity contribution is 7.91. The van der Waals surface area contributed by atoms with Gasteiger partial charge in [0.15, 0.2) is 11.5 Å². The normalized spacial score (nSPS) is 15.8. The first-order valence-corrected chi connectivity index (χ1v) is 10.5. The van der Waals surface area contributed by atoms with Gasteiger partial charge in [0.25, 0.3) is 0 Å². The highest BCUT2D eigenvalue weighted by Gasteiger charge is 2.25. The van der Waals surface area contributed by atoms with E-state index in [9.17, 15) is 13.2 Å². The fourth-order valence-electron chi connectivity index (χ4n) is 3.01. The Labute approximate surface area is 155 Å². The Morgan fingerprint density at radius 3 is 2.88 bits per heavy atom. The summed E-state index contributed by atoms with van der Waals surface area (Å²) >= 11 is 1.28. The second kappa shape index (κ2) is 6.57.